The third kappa shape index (κ3) is 4.61. The molecule has 3 rings (SSSR count). The van der Waals surface area contributed by atoms with Gasteiger partial charge in [-0.25, -0.2) is 4.98 Å². The summed E-state index contributed by atoms with van der Waals surface area (Å²) in [4.78, 5) is 8.95. The Morgan fingerprint density at radius 2 is 1.84 bits per heavy atom. The summed E-state index contributed by atoms with van der Waals surface area (Å²) in [5.41, 5.74) is 2.53. The summed E-state index contributed by atoms with van der Waals surface area (Å²) in [7, 11) is 0. The van der Waals surface area contributed by atoms with E-state index in [1.54, 1.807) is 0 Å². The molecule has 2 aromatic carbocycles. The van der Waals surface area contributed by atoms with Gasteiger partial charge in [0.2, 0.25) is 5.95 Å². The van der Waals surface area contributed by atoms with Crippen molar-refractivity contribution in [1.82, 2.24) is 9.97 Å². The number of aromatic nitrogens is 2. The van der Waals surface area contributed by atoms with Crippen LogP contribution in [0.1, 0.15) is 12.6 Å². The van der Waals surface area contributed by atoms with Crippen LogP contribution in [0, 0.1) is 6.92 Å². The largest absolute Gasteiger partial charge is 0.492 e. The standard InChI is InChI=1S/C19H19ClN4O/c1-3-25-17-10-5-4-9-16(17)23-18-11-13(2)21-19(24-18)22-15-8-6-7-14(20)12-15/h4-12H,3H2,1-2H3,(H2,21,22,23,24). The normalized spacial score (nSPS) is 10.4. The highest BCUT2D eigenvalue weighted by molar-refractivity contribution is 6.30. The Morgan fingerprint density at radius 3 is 2.64 bits per heavy atom. The molecule has 2 N–H and O–H groups in total. The molecule has 0 atom stereocenters. The topological polar surface area (TPSA) is 59.1 Å². The SMILES string of the molecule is CCOc1ccccc1Nc1cc(C)nc(Nc2cccc(Cl)c2)n1. The average Bonchev–Trinajstić information content (AvgIpc) is 2.56. The molecule has 1 heterocycles. The maximum atomic E-state index is 6.02. The Balaban J connectivity index is 1.85. The number of aryl methyl sites for hydroxylation is 1. The lowest BCUT2D eigenvalue weighted by Crippen LogP contribution is -2.03. The summed E-state index contributed by atoms with van der Waals surface area (Å²) in [6.07, 6.45) is 0. The van der Waals surface area contributed by atoms with E-state index in [1.165, 1.54) is 0 Å². The number of ether oxygens (including phenoxy) is 1. The summed E-state index contributed by atoms with van der Waals surface area (Å²) in [5, 5.41) is 7.12. The van der Waals surface area contributed by atoms with Crippen LogP contribution in [0.4, 0.5) is 23.1 Å². The minimum absolute atomic E-state index is 0.499. The van der Waals surface area contributed by atoms with Crippen molar-refractivity contribution in [2.24, 2.45) is 0 Å². The number of anilines is 4. The zero-order valence-corrected chi connectivity index (χ0v) is 14.8. The average molecular weight is 355 g/mol. The van der Waals surface area contributed by atoms with Gasteiger partial charge >= 0.3 is 0 Å². The third-order valence-corrected chi connectivity index (χ3v) is 3.62. The van der Waals surface area contributed by atoms with Crippen molar-refractivity contribution in [3.05, 3.63) is 65.3 Å². The van der Waals surface area contributed by atoms with Crippen LogP contribution in [-0.2, 0) is 0 Å². The van der Waals surface area contributed by atoms with Crippen LogP contribution in [0.25, 0.3) is 0 Å². The highest BCUT2D eigenvalue weighted by atomic mass is 35.5. The molecule has 5 nitrogen and oxygen atoms in total. The summed E-state index contributed by atoms with van der Waals surface area (Å²) in [6.45, 7) is 4.48. The highest BCUT2D eigenvalue weighted by Crippen LogP contribution is 2.27. The summed E-state index contributed by atoms with van der Waals surface area (Å²) in [5.74, 6) is 1.97. The van der Waals surface area contributed by atoms with Crippen molar-refractivity contribution < 1.29 is 4.74 Å². The highest BCUT2D eigenvalue weighted by Gasteiger charge is 2.07. The molecular formula is C19H19ClN4O. The molecule has 25 heavy (non-hydrogen) atoms. The first-order valence-corrected chi connectivity index (χ1v) is 8.39. The summed E-state index contributed by atoms with van der Waals surface area (Å²) >= 11 is 6.02. The Hall–Kier alpha value is -2.79. The minimum atomic E-state index is 0.499. The second-order valence-corrected chi connectivity index (χ2v) is 5.84. The van der Waals surface area contributed by atoms with Gasteiger partial charge in [0.1, 0.15) is 11.6 Å². The predicted octanol–water partition coefficient (Wildman–Crippen LogP) is 5.32. The third-order valence-electron chi connectivity index (χ3n) is 3.38. The van der Waals surface area contributed by atoms with E-state index < -0.39 is 0 Å². The van der Waals surface area contributed by atoms with E-state index >= 15 is 0 Å². The first kappa shape index (κ1) is 17.0. The molecule has 6 heteroatoms. The Kier molecular flexibility index (Phi) is 5.36. The van der Waals surface area contributed by atoms with E-state index in [4.69, 9.17) is 16.3 Å². The van der Waals surface area contributed by atoms with Crippen molar-refractivity contribution in [3.8, 4) is 5.75 Å². The van der Waals surface area contributed by atoms with Crippen LogP contribution in [-0.4, -0.2) is 16.6 Å². The number of halogens is 1. The van der Waals surface area contributed by atoms with Gasteiger partial charge in [-0.3, -0.25) is 0 Å². The molecule has 128 valence electrons. The van der Waals surface area contributed by atoms with Crippen molar-refractivity contribution in [1.29, 1.82) is 0 Å². The molecule has 0 fully saturated rings. The Morgan fingerprint density at radius 1 is 1.00 bits per heavy atom. The fraction of sp³-hybridized carbons (Fsp3) is 0.158. The van der Waals surface area contributed by atoms with E-state index in [-0.39, 0.29) is 0 Å². The molecule has 0 unspecified atom stereocenters. The van der Waals surface area contributed by atoms with Gasteiger partial charge in [0, 0.05) is 22.5 Å². The zero-order chi connectivity index (χ0) is 17.6. The Labute approximate surface area is 152 Å². The predicted molar refractivity (Wildman–Crippen MR) is 102 cm³/mol. The van der Waals surface area contributed by atoms with Crippen molar-refractivity contribution in [3.63, 3.8) is 0 Å². The molecule has 0 spiro atoms. The quantitative estimate of drug-likeness (QED) is 0.627. The van der Waals surface area contributed by atoms with Crippen molar-refractivity contribution in [2.75, 3.05) is 17.2 Å². The molecule has 0 aliphatic rings. The van der Waals surface area contributed by atoms with Crippen molar-refractivity contribution >= 4 is 34.7 Å². The molecule has 0 aliphatic carbocycles. The lowest BCUT2D eigenvalue weighted by atomic mass is 10.3. The van der Waals surface area contributed by atoms with Gasteiger partial charge in [0.15, 0.2) is 0 Å². The van der Waals surface area contributed by atoms with Crippen LogP contribution < -0.4 is 15.4 Å². The fourth-order valence-corrected chi connectivity index (χ4v) is 2.56. The van der Waals surface area contributed by atoms with Crippen LogP contribution in [0.2, 0.25) is 5.02 Å². The first-order valence-electron chi connectivity index (χ1n) is 8.01. The summed E-state index contributed by atoms with van der Waals surface area (Å²) in [6, 6.07) is 17.1. The smallest absolute Gasteiger partial charge is 0.229 e. The lowest BCUT2D eigenvalue weighted by molar-refractivity contribution is 0.342. The molecule has 3 aromatic rings. The maximum absolute atomic E-state index is 6.02. The number of hydrogen-bond donors (Lipinski definition) is 2. The van der Waals surface area contributed by atoms with Crippen LogP contribution in [0.5, 0.6) is 5.75 Å². The second-order valence-electron chi connectivity index (χ2n) is 5.41. The Bertz CT molecular complexity index is 870. The van der Waals surface area contributed by atoms with Crippen LogP contribution in [0.3, 0.4) is 0 Å². The molecule has 0 bridgehead atoms. The maximum Gasteiger partial charge on any atom is 0.229 e. The zero-order valence-electron chi connectivity index (χ0n) is 14.1. The van der Waals surface area contributed by atoms with E-state index in [0.29, 0.717) is 23.4 Å². The van der Waals surface area contributed by atoms with E-state index in [1.807, 2.05) is 68.4 Å². The number of hydrogen-bond acceptors (Lipinski definition) is 5. The molecule has 0 radical (unpaired) electrons. The van der Waals surface area contributed by atoms with Gasteiger partial charge in [0.05, 0.1) is 12.3 Å². The van der Waals surface area contributed by atoms with Crippen molar-refractivity contribution in [2.45, 2.75) is 13.8 Å². The van der Waals surface area contributed by atoms with Gasteiger partial charge in [-0.1, -0.05) is 29.8 Å². The number of para-hydroxylation sites is 2. The number of nitrogens with one attached hydrogen (secondary N) is 2. The fourth-order valence-electron chi connectivity index (χ4n) is 2.37. The van der Waals surface area contributed by atoms with Gasteiger partial charge in [-0.05, 0) is 44.2 Å². The van der Waals surface area contributed by atoms with Gasteiger partial charge in [-0.15, -0.1) is 0 Å². The van der Waals surface area contributed by atoms with Crippen LogP contribution >= 0.6 is 11.6 Å². The van der Waals surface area contributed by atoms with E-state index in [0.717, 1.165) is 22.8 Å². The van der Waals surface area contributed by atoms with Gasteiger partial charge < -0.3 is 15.4 Å². The second kappa shape index (κ2) is 7.85. The molecule has 0 amide bonds. The molecule has 0 saturated carbocycles. The summed E-state index contributed by atoms with van der Waals surface area (Å²) < 4.78 is 5.64. The first-order chi connectivity index (χ1) is 12.1. The monoisotopic (exact) mass is 354 g/mol. The minimum Gasteiger partial charge on any atom is -0.492 e. The van der Waals surface area contributed by atoms with E-state index in [9.17, 15) is 0 Å². The van der Waals surface area contributed by atoms with Gasteiger partial charge in [0.25, 0.3) is 0 Å². The van der Waals surface area contributed by atoms with E-state index in [2.05, 4.69) is 20.6 Å². The molecule has 1 aromatic heterocycles. The van der Waals surface area contributed by atoms with Crippen LogP contribution in [0.15, 0.2) is 54.6 Å². The number of nitrogens with zero attached hydrogens (tertiary/aromatic N) is 2. The lowest BCUT2D eigenvalue weighted by Gasteiger charge is -2.13. The number of rotatable bonds is 6. The molecule has 0 saturated heterocycles. The molecule has 0 aliphatic heterocycles. The van der Waals surface area contributed by atoms with Gasteiger partial charge in [-0.2, -0.15) is 4.98 Å². The number of benzene rings is 2. The molecular weight excluding hydrogens is 336 g/mol.